The van der Waals surface area contributed by atoms with Crippen LogP contribution in [-0.2, 0) is 10.0 Å². The maximum atomic E-state index is 12.1. The van der Waals surface area contributed by atoms with Crippen LogP contribution in [0.3, 0.4) is 0 Å². The molecular weight excluding hydrogens is 274 g/mol. The van der Waals surface area contributed by atoms with E-state index in [1.807, 2.05) is 6.92 Å². The molecule has 0 unspecified atom stereocenters. The molecule has 0 aliphatic heterocycles. The van der Waals surface area contributed by atoms with Crippen molar-refractivity contribution in [1.82, 2.24) is 9.97 Å². The fourth-order valence-electron chi connectivity index (χ4n) is 1.29. The second-order valence-electron chi connectivity index (χ2n) is 3.40. The number of nitrogen functional groups attached to an aromatic ring is 1. The molecule has 4 N–H and O–H groups in total. The fourth-order valence-corrected chi connectivity index (χ4v) is 3.31. The lowest BCUT2D eigenvalue weighted by atomic mass is 10.4. The lowest BCUT2D eigenvalue weighted by Gasteiger charge is -2.09. The summed E-state index contributed by atoms with van der Waals surface area (Å²) in [5.41, 5.74) is 2.59. The highest BCUT2D eigenvalue weighted by atomic mass is 32.2. The highest BCUT2D eigenvalue weighted by Gasteiger charge is 2.19. The van der Waals surface area contributed by atoms with Crippen molar-refractivity contribution in [3.8, 4) is 0 Å². The van der Waals surface area contributed by atoms with Gasteiger partial charge in [0.25, 0.3) is 10.0 Å². The van der Waals surface area contributed by atoms with Crippen molar-refractivity contribution in [1.29, 1.82) is 0 Å². The molecule has 96 valence electrons. The average molecular weight is 285 g/mol. The van der Waals surface area contributed by atoms with E-state index in [1.54, 1.807) is 6.20 Å². The first kappa shape index (κ1) is 12.7. The molecule has 9 heteroatoms. The van der Waals surface area contributed by atoms with Gasteiger partial charge in [0, 0.05) is 23.5 Å². The van der Waals surface area contributed by atoms with Gasteiger partial charge in [0.15, 0.2) is 5.13 Å². The van der Waals surface area contributed by atoms with Crippen LogP contribution >= 0.6 is 11.3 Å². The van der Waals surface area contributed by atoms with Crippen molar-refractivity contribution in [2.75, 3.05) is 10.1 Å². The second-order valence-corrected chi connectivity index (χ2v) is 6.28. The molecular formula is C9H11N5O2S2. The fraction of sp³-hybridized carbons (Fsp3) is 0.111. The molecule has 2 heterocycles. The Kier molecular flexibility index (Phi) is 3.45. The number of hydrazine groups is 1. The number of nitrogens with one attached hydrogen (secondary N) is 2. The molecule has 2 rings (SSSR count). The number of hydrogen-bond acceptors (Lipinski definition) is 7. The predicted molar refractivity (Wildman–Crippen MR) is 69.7 cm³/mol. The molecule has 0 aliphatic rings. The molecule has 2 aromatic heterocycles. The molecule has 0 radical (unpaired) electrons. The minimum atomic E-state index is -3.75. The third kappa shape index (κ3) is 2.58. The highest BCUT2D eigenvalue weighted by molar-refractivity contribution is 7.93. The third-order valence-electron chi connectivity index (χ3n) is 2.07. The van der Waals surface area contributed by atoms with Crippen molar-refractivity contribution < 1.29 is 8.42 Å². The molecule has 0 atom stereocenters. The van der Waals surface area contributed by atoms with Crippen LogP contribution in [0.4, 0.5) is 10.8 Å². The summed E-state index contributed by atoms with van der Waals surface area (Å²) in [5, 5.41) is 0.305. The number of rotatable bonds is 4. The Balaban J connectivity index is 2.36. The molecule has 7 nitrogen and oxygen atoms in total. The molecule has 0 spiro atoms. The van der Waals surface area contributed by atoms with E-state index in [4.69, 9.17) is 5.84 Å². The first-order valence-corrected chi connectivity index (χ1v) is 7.19. The molecule has 0 aromatic carbocycles. The molecule has 0 bridgehead atoms. The van der Waals surface area contributed by atoms with Gasteiger partial charge in [-0.15, -0.1) is 11.3 Å². The summed E-state index contributed by atoms with van der Waals surface area (Å²) < 4.78 is 26.6. The highest BCUT2D eigenvalue weighted by Crippen LogP contribution is 2.24. The van der Waals surface area contributed by atoms with Crippen LogP contribution in [0.5, 0.6) is 0 Å². The number of hydrogen-bond donors (Lipinski definition) is 3. The lowest BCUT2D eigenvalue weighted by molar-refractivity contribution is 0.601. The topological polar surface area (TPSA) is 110 Å². The van der Waals surface area contributed by atoms with E-state index >= 15 is 0 Å². The SMILES string of the molecule is Cc1cnc(NS(=O)(=O)c2cnccc2NN)s1. The summed E-state index contributed by atoms with van der Waals surface area (Å²) >= 11 is 1.25. The summed E-state index contributed by atoms with van der Waals surface area (Å²) in [6.07, 6.45) is 4.26. The Morgan fingerprint density at radius 1 is 1.39 bits per heavy atom. The largest absolute Gasteiger partial charge is 0.323 e. The van der Waals surface area contributed by atoms with Crippen molar-refractivity contribution in [3.63, 3.8) is 0 Å². The van der Waals surface area contributed by atoms with E-state index in [9.17, 15) is 8.42 Å². The van der Waals surface area contributed by atoms with Crippen molar-refractivity contribution in [2.45, 2.75) is 11.8 Å². The van der Waals surface area contributed by atoms with Gasteiger partial charge in [-0.1, -0.05) is 0 Å². The number of pyridine rings is 1. The van der Waals surface area contributed by atoms with Crippen LogP contribution < -0.4 is 16.0 Å². The Bertz CT molecular complexity index is 652. The van der Waals surface area contributed by atoms with Gasteiger partial charge >= 0.3 is 0 Å². The first-order valence-electron chi connectivity index (χ1n) is 4.89. The monoisotopic (exact) mass is 285 g/mol. The predicted octanol–water partition coefficient (Wildman–Crippen LogP) is 0.933. The molecule has 0 fully saturated rings. The van der Waals surface area contributed by atoms with E-state index in [0.29, 0.717) is 5.13 Å². The van der Waals surface area contributed by atoms with Gasteiger partial charge in [-0.3, -0.25) is 15.5 Å². The third-order valence-corrected chi connectivity index (χ3v) is 4.40. The second kappa shape index (κ2) is 4.88. The van der Waals surface area contributed by atoms with Gasteiger partial charge in [-0.25, -0.2) is 13.4 Å². The van der Waals surface area contributed by atoms with Gasteiger partial charge in [-0.2, -0.15) is 0 Å². The van der Waals surface area contributed by atoms with Gasteiger partial charge in [0.05, 0.1) is 5.69 Å². The van der Waals surface area contributed by atoms with Crippen LogP contribution in [0.25, 0.3) is 0 Å². The standard InChI is InChI=1S/C9H11N5O2S2/c1-6-4-12-9(17-6)14-18(15,16)8-5-11-3-2-7(8)13-10/h2-5H,10H2,1H3,(H,11,13)(H,12,14). The minimum absolute atomic E-state index is 0.0275. The molecule has 18 heavy (non-hydrogen) atoms. The Morgan fingerprint density at radius 2 is 2.17 bits per heavy atom. The zero-order valence-electron chi connectivity index (χ0n) is 9.41. The number of thiazole rings is 1. The van der Waals surface area contributed by atoms with E-state index in [-0.39, 0.29) is 10.6 Å². The van der Waals surface area contributed by atoms with E-state index in [0.717, 1.165) is 4.88 Å². The number of nitrogens with zero attached hydrogens (tertiary/aromatic N) is 2. The van der Waals surface area contributed by atoms with Crippen LogP contribution in [0.2, 0.25) is 0 Å². The summed E-state index contributed by atoms with van der Waals surface area (Å²) in [7, 11) is -3.75. The smallest absolute Gasteiger partial charge is 0.267 e. The summed E-state index contributed by atoms with van der Waals surface area (Å²) in [6.45, 7) is 1.84. The number of sulfonamides is 1. The average Bonchev–Trinajstić information content (AvgIpc) is 2.74. The van der Waals surface area contributed by atoms with Gasteiger partial charge in [0.2, 0.25) is 0 Å². The quantitative estimate of drug-likeness (QED) is 0.569. The van der Waals surface area contributed by atoms with Crippen molar-refractivity contribution in [2.24, 2.45) is 5.84 Å². The molecule has 0 saturated heterocycles. The molecule has 0 saturated carbocycles. The van der Waals surface area contributed by atoms with E-state index in [1.165, 1.54) is 29.8 Å². The van der Waals surface area contributed by atoms with Gasteiger partial charge in [0.1, 0.15) is 4.90 Å². The minimum Gasteiger partial charge on any atom is -0.323 e. The zero-order chi connectivity index (χ0) is 13.2. The summed E-state index contributed by atoms with van der Waals surface area (Å²) in [5.74, 6) is 5.26. The van der Waals surface area contributed by atoms with Crippen LogP contribution in [0.1, 0.15) is 4.88 Å². The molecule has 2 aromatic rings. The van der Waals surface area contributed by atoms with Crippen LogP contribution in [0.15, 0.2) is 29.6 Å². The van der Waals surface area contributed by atoms with Crippen molar-refractivity contribution in [3.05, 3.63) is 29.5 Å². The Labute approximate surface area is 108 Å². The molecule has 0 aliphatic carbocycles. The van der Waals surface area contributed by atoms with E-state index < -0.39 is 10.0 Å². The maximum Gasteiger partial charge on any atom is 0.267 e. The normalized spacial score (nSPS) is 11.2. The first-order chi connectivity index (χ1) is 8.53. The Hall–Kier alpha value is -1.71. The summed E-state index contributed by atoms with van der Waals surface area (Å²) in [4.78, 5) is 8.60. The van der Waals surface area contributed by atoms with Crippen LogP contribution in [0, 0.1) is 6.92 Å². The van der Waals surface area contributed by atoms with Gasteiger partial charge < -0.3 is 5.43 Å². The Morgan fingerprint density at radius 3 is 2.78 bits per heavy atom. The zero-order valence-corrected chi connectivity index (χ0v) is 11.0. The summed E-state index contributed by atoms with van der Waals surface area (Å²) in [6, 6.07) is 1.47. The van der Waals surface area contributed by atoms with Crippen LogP contribution in [-0.4, -0.2) is 18.4 Å². The number of aryl methyl sites for hydroxylation is 1. The maximum absolute atomic E-state index is 12.1. The van der Waals surface area contributed by atoms with Gasteiger partial charge in [-0.05, 0) is 13.0 Å². The number of aromatic nitrogens is 2. The number of nitrogens with two attached hydrogens (primary N) is 1. The number of anilines is 2. The molecule has 0 amide bonds. The lowest BCUT2D eigenvalue weighted by Crippen LogP contribution is -2.17. The van der Waals surface area contributed by atoms with E-state index in [2.05, 4.69) is 20.1 Å². The van der Waals surface area contributed by atoms with Crippen molar-refractivity contribution >= 4 is 32.2 Å².